The van der Waals surface area contributed by atoms with Crippen LogP contribution in [0.4, 0.5) is 0 Å². The monoisotopic (exact) mass is 374 g/mol. The fraction of sp³-hybridized carbons (Fsp3) is 0.350. The van der Waals surface area contributed by atoms with Gasteiger partial charge in [-0.15, -0.1) is 0 Å². The Balaban J connectivity index is 1.79. The standard InChI is InChI=1S/C20H22O5S/c1-13-17(16(22)12-21)25-20(26-15-10-6-3-7-11-15)18(13)24-19(23)14-8-4-2-5-9-14/h2-11,13,16-18,20-22H,12H2,1H3/t13-,16-,17-,18?,20+/m1/s1. The predicted octanol–water partition coefficient (Wildman–Crippen LogP) is 2.72. The Kier molecular flexibility index (Phi) is 6.32. The molecule has 1 saturated heterocycles. The summed E-state index contributed by atoms with van der Waals surface area (Å²) in [6.07, 6.45) is -2.17. The van der Waals surface area contributed by atoms with Crippen LogP contribution in [0.25, 0.3) is 0 Å². The van der Waals surface area contributed by atoms with Crippen LogP contribution in [0.15, 0.2) is 65.6 Å². The lowest BCUT2D eigenvalue weighted by atomic mass is 9.97. The highest BCUT2D eigenvalue weighted by Gasteiger charge is 2.47. The zero-order valence-electron chi connectivity index (χ0n) is 14.4. The number of aliphatic hydroxyl groups excluding tert-OH is 2. The molecule has 0 radical (unpaired) electrons. The molecule has 1 heterocycles. The quantitative estimate of drug-likeness (QED) is 0.757. The maximum atomic E-state index is 12.5. The van der Waals surface area contributed by atoms with E-state index in [9.17, 15) is 15.0 Å². The summed E-state index contributed by atoms with van der Waals surface area (Å²) in [5.74, 6) is -0.685. The second-order valence-electron chi connectivity index (χ2n) is 6.24. The van der Waals surface area contributed by atoms with E-state index in [1.54, 1.807) is 24.3 Å². The molecule has 0 saturated carbocycles. The number of carbonyl (C=O) groups is 1. The Labute approximate surface area is 157 Å². The molecule has 5 atom stereocenters. The molecule has 3 rings (SSSR count). The first kappa shape index (κ1) is 18.9. The maximum Gasteiger partial charge on any atom is 0.338 e. The molecule has 2 aromatic rings. The summed E-state index contributed by atoms with van der Waals surface area (Å²) in [4.78, 5) is 13.5. The summed E-state index contributed by atoms with van der Waals surface area (Å²) in [5, 5.41) is 19.3. The summed E-state index contributed by atoms with van der Waals surface area (Å²) in [6, 6.07) is 18.4. The van der Waals surface area contributed by atoms with Gasteiger partial charge in [0.25, 0.3) is 0 Å². The zero-order valence-corrected chi connectivity index (χ0v) is 15.2. The molecule has 0 aliphatic carbocycles. The number of rotatable bonds is 6. The van der Waals surface area contributed by atoms with E-state index in [4.69, 9.17) is 9.47 Å². The first-order valence-electron chi connectivity index (χ1n) is 8.52. The van der Waals surface area contributed by atoms with Gasteiger partial charge in [0.15, 0.2) is 0 Å². The van der Waals surface area contributed by atoms with Crippen LogP contribution in [-0.2, 0) is 9.47 Å². The van der Waals surface area contributed by atoms with Gasteiger partial charge in [0, 0.05) is 10.8 Å². The van der Waals surface area contributed by atoms with Crippen molar-refractivity contribution in [2.24, 2.45) is 5.92 Å². The highest BCUT2D eigenvalue weighted by Crippen LogP contribution is 2.40. The second-order valence-corrected chi connectivity index (χ2v) is 7.42. The molecular weight excluding hydrogens is 352 g/mol. The van der Waals surface area contributed by atoms with Crippen molar-refractivity contribution in [2.45, 2.75) is 35.6 Å². The van der Waals surface area contributed by atoms with E-state index >= 15 is 0 Å². The van der Waals surface area contributed by atoms with E-state index in [0.29, 0.717) is 5.56 Å². The Morgan fingerprint density at radius 3 is 2.38 bits per heavy atom. The molecule has 0 amide bonds. The molecule has 2 N–H and O–H groups in total. The minimum Gasteiger partial charge on any atom is -0.455 e. The van der Waals surface area contributed by atoms with Crippen LogP contribution in [0.2, 0.25) is 0 Å². The summed E-state index contributed by atoms with van der Waals surface area (Å²) in [5.41, 5.74) is 0.000537. The van der Waals surface area contributed by atoms with E-state index in [1.807, 2.05) is 43.3 Å². The van der Waals surface area contributed by atoms with E-state index in [0.717, 1.165) is 4.90 Å². The van der Waals surface area contributed by atoms with Crippen LogP contribution >= 0.6 is 11.8 Å². The Morgan fingerprint density at radius 1 is 1.15 bits per heavy atom. The molecule has 1 fully saturated rings. The average Bonchev–Trinajstić information content (AvgIpc) is 2.98. The zero-order chi connectivity index (χ0) is 18.5. The fourth-order valence-corrected chi connectivity index (χ4v) is 4.20. The first-order valence-corrected chi connectivity index (χ1v) is 9.40. The molecule has 138 valence electrons. The number of ether oxygens (including phenoxy) is 2. The lowest BCUT2D eigenvalue weighted by Crippen LogP contribution is -2.36. The molecular formula is C20H22O5S. The highest BCUT2D eigenvalue weighted by atomic mass is 32.2. The van der Waals surface area contributed by atoms with E-state index in [-0.39, 0.29) is 5.92 Å². The van der Waals surface area contributed by atoms with Crippen LogP contribution in [0.5, 0.6) is 0 Å². The number of aliphatic hydroxyl groups is 2. The third-order valence-corrected chi connectivity index (χ3v) is 5.57. The smallest absolute Gasteiger partial charge is 0.338 e. The molecule has 5 nitrogen and oxygen atoms in total. The normalized spacial score (nSPS) is 26.4. The summed E-state index contributed by atoms with van der Waals surface area (Å²) in [6.45, 7) is 1.45. The van der Waals surface area contributed by atoms with Gasteiger partial charge in [0.1, 0.15) is 17.6 Å². The van der Waals surface area contributed by atoms with Gasteiger partial charge in [-0.1, -0.05) is 55.1 Å². The molecule has 6 heteroatoms. The fourth-order valence-electron chi connectivity index (χ4n) is 2.99. The summed E-state index contributed by atoms with van der Waals surface area (Å²) in [7, 11) is 0. The van der Waals surface area contributed by atoms with Crippen molar-refractivity contribution in [3.8, 4) is 0 Å². The summed E-state index contributed by atoms with van der Waals surface area (Å²) >= 11 is 1.44. The van der Waals surface area contributed by atoms with Crippen molar-refractivity contribution in [1.82, 2.24) is 0 Å². The minimum absolute atomic E-state index is 0.258. The lowest BCUT2D eigenvalue weighted by Gasteiger charge is -2.22. The van der Waals surface area contributed by atoms with Crippen molar-refractivity contribution >= 4 is 17.7 Å². The Bertz CT molecular complexity index is 709. The van der Waals surface area contributed by atoms with Crippen molar-refractivity contribution < 1.29 is 24.5 Å². The number of thioether (sulfide) groups is 1. The third-order valence-electron chi connectivity index (χ3n) is 4.41. The van der Waals surface area contributed by atoms with Crippen molar-refractivity contribution in [3.05, 3.63) is 66.2 Å². The van der Waals surface area contributed by atoms with Crippen molar-refractivity contribution in [2.75, 3.05) is 6.61 Å². The largest absolute Gasteiger partial charge is 0.455 e. The van der Waals surface area contributed by atoms with E-state index in [1.165, 1.54) is 11.8 Å². The number of benzene rings is 2. The molecule has 1 unspecified atom stereocenters. The molecule has 0 bridgehead atoms. The maximum absolute atomic E-state index is 12.5. The van der Waals surface area contributed by atoms with Crippen LogP contribution in [0.3, 0.4) is 0 Å². The molecule has 0 aromatic heterocycles. The van der Waals surface area contributed by atoms with Crippen LogP contribution in [0, 0.1) is 5.92 Å². The van der Waals surface area contributed by atoms with Crippen LogP contribution in [0.1, 0.15) is 17.3 Å². The molecule has 1 aliphatic heterocycles. The van der Waals surface area contributed by atoms with E-state index in [2.05, 4.69) is 0 Å². The van der Waals surface area contributed by atoms with Crippen LogP contribution < -0.4 is 0 Å². The number of hydrogen-bond donors (Lipinski definition) is 2. The van der Waals surface area contributed by atoms with Gasteiger partial charge in [0.05, 0.1) is 18.3 Å². The third kappa shape index (κ3) is 4.27. The van der Waals surface area contributed by atoms with E-state index < -0.39 is 36.3 Å². The number of hydrogen-bond acceptors (Lipinski definition) is 6. The predicted molar refractivity (Wildman–Crippen MR) is 98.9 cm³/mol. The molecule has 1 aliphatic rings. The number of carbonyl (C=O) groups excluding carboxylic acids is 1. The van der Waals surface area contributed by atoms with Crippen LogP contribution in [-0.4, -0.2) is 46.5 Å². The van der Waals surface area contributed by atoms with Gasteiger partial charge in [-0.3, -0.25) is 0 Å². The van der Waals surface area contributed by atoms with Gasteiger partial charge >= 0.3 is 5.97 Å². The molecule has 0 spiro atoms. The molecule has 26 heavy (non-hydrogen) atoms. The van der Waals surface area contributed by atoms with Gasteiger partial charge in [-0.2, -0.15) is 0 Å². The van der Waals surface area contributed by atoms with Crippen molar-refractivity contribution in [3.63, 3.8) is 0 Å². The Morgan fingerprint density at radius 2 is 1.77 bits per heavy atom. The van der Waals surface area contributed by atoms with Gasteiger partial charge < -0.3 is 19.7 Å². The molecule has 2 aromatic carbocycles. The summed E-state index contributed by atoms with van der Waals surface area (Å²) < 4.78 is 11.7. The SMILES string of the molecule is C[C@H]1C(OC(=O)c2ccccc2)[C@H](Sc2ccccc2)O[C@H]1[C@H](O)CO. The van der Waals surface area contributed by atoms with Gasteiger partial charge in [0.2, 0.25) is 0 Å². The lowest BCUT2D eigenvalue weighted by molar-refractivity contribution is -0.0472. The number of esters is 1. The van der Waals surface area contributed by atoms with Gasteiger partial charge in [-0.25, -0.2) is 4.79 Å². The minimum atomic E-state index is -1.02. The van der Waals surface area contributed by atoms with Crippen molar-refractivity contribution in [1.29, 1.82) is 0 Å². The average molecular weight is 374 g/mol. The first-order chi connectivity index (χ1) is 12.6. The van der Waals surface area contributed by atoms with Gasteiger partial charge in [-0.05, 0) is 24.3 Å². The Hall–Kier alpha value is -1.86. The topological polar surface area (TPSA) is 76.0 Å². The second kappa shape index (κ2) is 8.68. The highest BCUT2D eigenvalue weighted by molar-refractivity contribution is 7.99.